The minimum absolute atomic E-state index is 0.208. The Kier molecular flexibility index (Phi) is 7.60. The van der Waals surface area contributed by atoms with Crippen LogP contribution in [0.5, 0.6) is 0 Å². The molecule has 0 saturated heterocycles. The van der Waals surface area contributed by atoms with Gasteiger partial charge in [0.15, 0.2) is 0 Å². The number of amides is 2. The van der Waals surface area contributed by atoms with Gasteiger partial charge in [-0.2, -0.15) is 5.10 Å². The highest BCUT2D eigenvalue weighted by molar-refractivity contribution is 6.36. The summed E-state index contributed by atoms with van der Waals surface area (Å²) in [4.78, 5) is 24.9. The molecule has 0 fully saturated rings. The predicted molar refractivity (Wildman–Crippen MR) is 120 cm³/mol. The van der Waals surface area contributed by atoms with E-state index in [1.807, 2.05) is 60.7 Å². The van der Waals surface area contributed by atoms with Crippen LogP contribution in [0.3, 0.4) is 0 Å². The van der Waals surface area contributed by atoms with E-state index in [1.54, 1.807) is 18.2 Å². The van der Waals surface area contributed by atoms with Crippen molar-refractivity contribution in [2.24, 2.45) is 5.10 Å². The van der Waals surface area contributed by atoms with Crippen molar-refractivity contribution in [3.05, 3.63) is 106 Å². The molecule has 0 aliphatic rings. The number of halogens is 2. The third-order valence-electron chi connectivity index (χ3n) is 4.31. The Morgan fingerprint density at radius 1 is 0.900 bits per heavy atom. The molecule has 0 heterocycles. The van der Waals surface area contributed by atoms with Gasteiger partial charge in [-0.05, 0) is 23.3 Å². The number of nitrogens with zero attached hydrogens (tertiary/aromatic N) is 1. The van der Waals surface area contributed by atoms with Crippen molar-refractivity contribution in [3.8, 4) is 0 Å². The zero-order valence-electron chi connectivity index (χ0n) is 15.9. The lowest BCUT2D eigenvalue weighted by atomic mass is 9.90. The molecule has 0 aromatic heterocycles. The highest BCUT2D eigenvalue weighted by Gasteiger charge is 2.22. The van der Waals surface area contributed by atoms with Crippen molar-refractivity contribution in [1.29, 1.82) is 0 Å². The van der Waals surface area contributed by atoms with Crippen LogP contribution in [-0.4, -0.2) is 24.6 Å². The van der Waals surface area contributed by atoms with Crippen LogP contribution in [0.15, 0.2) is 84.0 Å². The van der Waals surface area contributed by atoms with E-state index in [0.29, 0.717) is 15.6 Å². The molecule has 3 rings (SSSR count). The molecule has 30 heavy (non-hydrogen) atoms. The molecule has 2 amide bonds. The maximum Gasteiger partial charge on any atom is 0.259 e. The maximum absolute atomic E-state index is 12.9. The van der Waals surface area contributed by atoms with Gasteiger partial charge in [-0.25, -0.2) is 5.43 Å². The normalized spacial score (nSPS) is 10.9. The first-order valence-electron chi connectivity index (χ1n) is 9.19. The Morgan fingerprint density at radius 3 is 2.07 bits per heavy atom. The van der Waals surface area contributed by atoms with Crippen molar-refractivity contribution < 1.29 is 9.59 Å². The molecule has 0 unspecified atom stereocenters. The molecule has 3 aromatic rings. The quantitative estimate of drug-likeness (QED) is 0.423. The van der Waals surface area contributed by atoms with Crippen LogP contribution in [-0.2, 0) is 9.59 Å². The summed E-state index contributed by atoms with van der Waals surface area (Å²) in [6, 6.07) is 23.8. The molecule has 0 aliphatic heterocycles. The Hall–Kier alpha value is -3.15. The third-order valence-corrected chi connectivity index (χ3v) is 4.87. The molecule has 5 nitrogen and oxygen atoms in total. The first-order valence-corrected chi connectivity index (χ1v) is 9.95. The second-order valence-corrected chi connectivity index (χ2v) is 7.27. The third kappa shape index (κ3) is 5.92. The standard InChI is InChI=1S/C23H19Cl2N3O2/c24-19-12-11-18(20(25)13-19)14-27-28-21(29)15-26-23(30)22(16-7-3-1-4-8-16)17-9-5-2-6-10-17/h1-14,22H,15H2,(H,26,30)(H,28,29)/b27-14-. The lowest BCUT2D eigenvalue weighted by Crippen LogP contribution is -2.37. The summed E-state index contributed by atoms with van der Waals surface area (Å²) >= 11 is 11.9. The van der Waals surface area contributed by atoms with Gasteiger partial charge in [0.2, 0.25) is 5.91 Å². The number of carbonyl (C=O) groups excluding carboxylic acids is 2. The van der Waals surface area contributed by atoms with Crippen molar-refractivity contribution in [2.45, 2.75) is 5.92 Å². The van der Waals surface area contributed by atoms with E-state index in [9.17, 15) is 9.59 Å². The summed E-state index contributed by atoms with van der Waals surface area (Å²) in [6.45, 7) is -0.208. The van der Waals surface area contributed by atoms with Crippen LogP contribution in [0.2, 0.25) is 10.0 Å². The average Bonchev–Trinajstić information content (AvgIpc) is 2.75. The van der Waals surface area contributed by atoms with Crippen LogP contribution in [0.25, 0.3) is 0 Å². The summed E-state index contributed by atoms with van der Waals surface area (Å²) in [5, 5.41) is 7.47. The first kappa shape index (κ1) is 21.6. The molecule has 0 radical (unpaired) electrons. The van der Waals surface area contributed by atoms with Crippen molar-refractivity contribution in [1.82, 2.24) is 10.7 Å². The molecular weight excluding hydrogens is 421 g/mol. The van der Waals surface area contributed by atoms with Crippen LogP contribution in [0.4, 0.5) is 0 Å². The van der Waals surface area contributed by atoms with Gasteiger partial charge in [-0.3, -0.25) is 9.59 Å². The van der Waals surface area contributed by atoms with Crippen LogP contribution in [0.1, 0.15) is 22.6 Å². The van der Waals surface area contributed by atoms with Crippen molar-refractivity contribution >= 4 is 41.2 Å². The molecule has 0 bridgehead atoms. The second-order valence-electron chi connectivity index (χ2n) is 6.43. The van der Waals surface area contributed by atoms with Gasteiger partial charge in [0.05, 0.1) is 23.7 Å². The van der Waals surface area contributed by atoms with E-state index >= 15 is 0 Å². The van der Waals surface area contributed by atoms with E-state index in [2.05, 4.69) is 15.8 Å². The number of benzene rings is 3. The fourth-order valence-corrected chi connectivity index (χ4v) is 3.33. The summed E-state index contributed by atoms with van der Waals surface area (Å²) in [5.74, 6) is -1.24. The van der Waals surface area contributed by atoms with Crippen LogP contribution in [0, 0.1) is 0 Å². The topological polar surface area (TPSA) is 70.6 Å². The van der Waals surface area contributed by atoms with Gasteiger partial charge in [0, 0.05) is 10.6 Å². The molecular formula is C23H19Cl2N3O2. The smallest absolute Gasteiger partial charge is 0.259 e. The monoisotopic (exact) mass is 439 g/mol. The summed E-state index contributed by atoms with van der Waals surface area (Å²) in [5.41, 5.74) is 4.67. The lowest BCUT2D eigenvalue weighted by molar-refractivity contribution is -0.126. The van der Waals surface area contributed by atoms with E-state index < -0.39 is 11.8 Å². The molecule has 2 N–H and O–H groups in total. The fourth-order valence-electron chi connectivity index (χ4n) is 2.88. The van der Waals surface area contributed by atoms with Gasteiger partial charge >= 0.3 is 0 Å². The fraction of sp³-hybridized carbons (Fsp3) is 0.0870. The summed E-state index contributed by atoms with van der Waals surface area (Å²) in [7, 11) is 0. The average molecular weight is 440 g/mol. The van der Waals surface area contributed by atoms with Crippen molar-refractivity contribution in [2.75, 3.05) is 6.54 Å². The first-order chi connectivity index (χ1) is 14.5. The minimum atomic E-state index is -0.517. The number of carbonyl (C=O) groups is 2. The van der Waals surface area contributed by atoms with E-state index in [1.165, 1.54) is 6.21 Å². The van der Waals surface area contributed by atoms with Crippen LogP contribution >= 0.6 is 23.2 Å². The predicted octanol–water partition coefficient (Wildman–Crippen LogP) is 4.39. The molecule has 152 valence electrons. The van der Waals surface area contributed by atoms with Gasteiger partial charge < -0.3 is 5.32 Å². The van der Waals surface area contributed by atoms with Gasteiger partial charge in [0.25, 0.3) is 5.91 Å². The Balaban J connectivity index is 1.61. The van der Waals surface area contributed by atoms with Gasteiger partial charge in [-0.1, -0.05) is 89.9 Å². The molecule has 7 heteroatoms. The largest absolute Gasteiger partial charge is 0.346 e. The SMILES string of the molecule is O=C(CNC(=O)C(c1ccccc1)c1ccccc1)N/N=C\c1ccc(Cl)cc1Cl. The number of hydrogen-bond donors (Lipinski definition) is 2. The summed E-state index contributed by atoms with van der Waals surface area (Å²) < 4.78 is 0. The maximum atomic E-state index is 12.9. The zero-order valence-corrected chi connectivity index (χ0v) is 17.4. The Labute approximate surface area is 184 Å². The number of rotatable bonds is 7. The Bertz CT molecular complexity index is 1000. The second kappa shape index (κ2) is 10.6. The van der Waals surface area contributed by atoms with E-state index in [4.69, 9.17) is 23.2 Å². The van der Waals surface area contributed by atoms with Crippen LogP contribution < -0.4 is 10.7 Å². The van der Waals surface area contributed by atoms with E-state index in [0.717, 1.165) is 11.1 Å². The molecule has 3 aromatic carbocycles. The zero-order chi connectivity index (χ0) is 21.3. The highest BCUT2D eigenvalue weighted by atomic mass is 35.5. The molecule has 0 saturated carbocycles. The summed E-state index contributed by atoms with van der Waals surface area (Å²) in [6.07, 6.45) is 1.41. The molecule has 0 atom stereocenters. The highest BCUT2D eigenvalue weighted by Crippen LogP contribution is 2.24. The lowest BCUT2D eigenvalue weighted by Gasteiger charge is -2.17. The van der Waals surface area contributed by atoms with Gasteiger partial charge in [-0.15, -0.1) is 0 Å². The molecule has 0 spiro atoms. The molecule has 0 aliphatic carbocycles. The number of hydrazone groups is 1. The minimum Gasteiger partial charge on any atom is -0.346 e. The van der Waals surface area contributed by atoms with Gasteiger partial charge in [0.1, 0.15) is 0 Å². The van der Waals surface area contributed by atoms with E-state index in [-0.39, 0.29) is 12.5 Å². The number of hydrogen-bond acceptors (Lipinski definition) is 3. The Morgan fingerprint density at radius 2 is 1.50 bits per heavy atom. The number of nitrogens with one attached hydrogen (secondary N) is 2. The van der Waals surface area contributed by atoms with Crippen molar-refractivity contribution in [3.63, 3.8) is 0 Å².